The molecule has 4 nitrogen and oxygen atoms in total. The van der Waals surface area contributed by atoms with Gasteiger partial charge in [-0.1, -0.05) is 26.0 Å². The largest absolute Gasteiger partial charge is 0.492 e. The molecule has 0 aliphatic heterocycles. The highest BCUT2D eigenvalue weighted by atomic mass is 32.1. The molecule has 0 aliphatic carbocycles. The summed E-state index contributed by atoms with van der Waals surface area (Å²) in [6, 6.07) is 7.45. The van der Waals surface area contributed by atoms with Gasteiger partial charge in [-0.2, -0.15) is 0 Å². The zero-order valence-electron chi connectivity index (χ0n) is 10.8. The lowest BCUT2D eigenvalue weighted by Crippen LogP contribution is -2.36. The van der Waals surface area contributed by atoms with Gasteiger partial charge in [-0.25, -0.2) is 0 Å². The lowest BCUT2D eigenvalue weighted by Gasteiger charge is -2.14. The number of hydrogen-bond donors (Lipinski definition) is 2. The number of rotatable bonds is 4. The minimum absolute atomic E-state index is 0.105. The molecule has 0 atom stereocenters. The quantitative estimate of drug-likeness (QED) is 0.822. The maximum absolute atomic E-state index is 11.5. The van der Waals surface area contributed by atoms with Crippen molar-refractivity contribution in [2.45, 2.75) is 20.8 Å². The first-order valence-electron chi connectivity index (χ1n) is 5.88. The summed E-state index contributed by atoms with van der Waals surface area (Å²) in [5.74, 6) is 0.495. The van der Waals surface area contributed by atoms with Crippen LogP contribution in [0.1, 0.15) is 20.8 Å². The second-order valence-corrected chi connectivity index (χ2v) is 4.44. The Kier molecular flexibility index (Phi) is 5.58. The van der Waals surface area contributed by atoms with Gasteiger partial charge in [0.15, 0.2) is 5.11 Å². The molecule has 0 unspecified atom stereocenters. The van der Waals surface area contributed by atoms with Crippen LogP contribution in [0, 0.1) is 5.92 Å². The van der Waals surface area contributed by atoms with Gasteiger partial charge in [0, 0.05) is 5.92 Å². The van der Waals surface area contributed by atoms with Gasteiger partial charge in [-0.05, 0) is 31.3 Å². The monoisotopic (exact) mass is 266 g/mol. The number of thiocarbonyl (C=S) groups is 1. The van der Waals surface area contributed by atoms with Crippen LogP contribution in [0.2, 0.25) is 0 Å². The van der Waals surface area contributed by atoms with Crippen LogP contribution in [0.15, 0.2) is 24.3 Å². The van der Waals surface area contributed by atoms with E-state index in [9.17, 15) is 4.79 Å². The van der Waals surface area contributed by atoms with Gasteiger partial charge in [-0.3, -0.25) is 4.79 Å². The first-order chi connectivity index (χ1) is 8.54. The Labute approximate surface area is 113 Å². The van der Waals surface area contributed by atoms with E-state index in [1.54, 1.807) is 0 Å². The summed E-state index contributed by atoms with van der Waals surface area (Å²) >= 11 is 5.08. The average molecular weight is 266 g/mol. The van der Waals surface area contributed by atoms with Crippen molar-refractivity contribution >= 4 is 28.9 Å². The summed E-state index contributed by atoms with van der Waals surface area (Å²) in [6.45, 7) is 6.11. The molecule has 0 fully saturated rings. The first-order valence-corrected chi connectivity index (χ1v) is 6.29. The molecule has 2 N–H and O–H groups in total. The van der Waals surface area contributed by atoms with Gasteiger partial charge in [0.05, 0.1) is 12.3 Å². The van der Waals surface area contributed by atoms with E-state index in [2.05, 4.69) is 10.6 Å². The molecular weight excluding hydrogens is 248 g/mol. The number of anilines is 1. The maximum Gasteiger partial charge on any atom is 0.228 e. The van der Waals surface area contributed by atoms with Gasteiger partial charge >= 0.3 is 0 Å². The third-order valence-electron chi connectivity index (χ3n) is 2.20. The molecule has 0 saturated heterocycles. The number of carbonyl (C=O) groups is 1. The van der Waals surface area contributed by atoms with E-state index in [1.807, 2.05) is 45.0 Å². The standard InChI is InChI=1S/C13H18N2O2S/c1-4-17-11-8-6-5-7-10(11)14-13(18)15-12(16)9(2)3/h5-9H,4H2,1-3H3,(H2,14,15,16,18). The molecule has 98 valence electrons. The summed E-state index contributed by atoms with van der Waals surface area (Å²) in [7, 11) is 0. The Morgan fingerprint density at radius 2 is 2.06 bits per heavy atom. The number of hydrogen-bond acceptors (Lipinski definition) is 3. The van der Waals surface area contributed by atoms with E-state index < -0.39 is 0 Å². The zero-order valence-corrected chi connectivity index (χ0v) is 11.6. The van der Waals surface area contributed by atoms with Crippen LogP contribution in [-0.4, -0.2) is 17.6 Å². The lowest BCUT2D eigenvalue weighted by atomic mass is 10.2. The molecule has 5 heteroatoms. The fourth-order valence-corrected chi connectivity index (χ4v) is 1.47. The number of nitrogens with one attached hydrogen (secondary N) is 2. The zero-order chi connectivity index (χ0) is 13.5. The normalized spacial score (nSPS) is 10.0. The predicted molar refractivity (Wildman–Crippen MR) is 76.8 cm³/mol. The van der Waals surface area contributed by atoms with Crippen molar-refractivity contribution in [1.29, 1.82) is 0 Å². The third kappa shape index (κ3) is 4.33. The fourth-order valence-electron chi connectivity index (χ4n) is 1.26. The molecule has 0 aliphatic rings. The molecule has 1 rings (SSSR count). The van der Waals surface area contributed by atoms with Crippen molar-refractivity contribution in [2.24, 2.45) is 5.92 Å². The van der Waals surface area contributed by atoms with Crippen LogP contribution in [0.3, 0.4) is 0 Å². The van der Waals surface area contributed by atoms with Crippen molar-refractivity contribution in [1.82, 2.24) is 5.32 Å². The molecule has 0 heterocycles. The summed E-state index contributed by atoms with van der Waals surface area (Å²) in [5, 5.41) is 5.86. The minimum atomic E-state index is -0.110. The summed E-state index contributed by atoms with van der Waals surface area (Å²) in [6.07, 6.45) is 0. The summed E-state index contributed by atoms with van der Waals surface area (Å²) in [4.78, 5) is 11.5. The molecule has 1 aromatic rings. The molecule has 0 saturated carbocycles. The van der Waals surface area contributed by atoms with E-state index >= 15 is 0 Å². The number of carbonyl (C=O) groups excluding carboxylic acids is 1. The molecule has 0 aromatic heterocycles. The third-order valence-corrected chi connectivity index (χ3v) is 2.40. The lowest BCUT2D eigenvalue weighted by molar-refractivity contribution is -0.122. The molecule has 18 heavy (non-hydrogen) atoms. The summed E-state index contributed by atoms with van der Waals surface area (Å²) < 4.78 is 5.46. The Hall–Kier alpha value is -1.62. The van der Waals surface area contributed by atoms with E-state index in [0.29, 0.717) is 12.4 Å². The van der Waals surface area contributed by atoms with Gasteiger partial charge in [0.2, 0.25) is 5.91 Å². The number of benzene rings is 1. The van der Waals surface area contributed by atoms with Crippen LogP contribution in [-0.2, 0) is 4.79 Å². The van der Waals surface area contributed by atoms with Crippen molar-refractivity contribution in [3.05, 3.63) is 24.3 Å². The minimum Gasteiger partial charge on any atom is -0.492 e. The van der Waals surface area contributed by atoms with Crippen LogP contribution in [0.4, 0.5) is 5.69 Å². The van der Waals surface area contributed by atoms with Crippen molar-refractivity contribution in [3.63, 3.8) is 0 Å². The van der Waals surface area contributed by atoms with E-state index in [1.165, 1.54) is 0 Å². The van der Waals surface area contributed by atoms with Gasteiger partial charge in [-0.15, -0.1) is 0 Å². The Morgan fingerprint density at radius 3 is 2.67 bits per heavy atom. The van der Waals surface area contributed by atoms with Gasteiger partial charge < -0.3 is 15.4 Å². The maximum atomic E-state index is 11.5. The van der Waals surface area contributed by atoms with Crippen LogP contribution in [0.25, 0.3) is 0 Å². The van der Waals surface area contributed by atoms with Crippen molar-refractivity contribution < 1.29 is 9.53 Å². The van der Waals surface area contributed by atoms with E-state index in [-0.39, 0.29) is 16.9 Å². The highest BCUT2D eigenvalue weighted by molar-refractivity contribution is 7.80. The van der Waals surface area contributed by atoms with E-state index in [0.717, 1.165) is 5.69 Å². The topological polar surface area (TPSA) is 50.4 Å². The second kappa shape index (κ2) is 6.96. The van der Waals surface area contributed by atoms with Crippen molar-refractivity contribution in [3.8, 4) is 5.75 Å². The molecule has 0 spiro atoms. The average Bonchev–Trinajstić information content (AvgIpc) is 2.31. The van der Waals surface area contributed by atoms with Gasteiger partial charge in [0.1, 0.15) is 5.75 Å². The van der Waals surface area contributed by atoms with Gasteiger partial charge in [0.25, 0.3) is 0 Å². The second-order valence-electron chi connectivity index (χ2n) is 4.03. The molecule has 1 amide bonds. The molecular formula is C13H18N2O2S. The molecule has 0 bridgehead atoms. The first kappa shape index (κ1) is 14.4. The van der Waals surface area contributed by atoms with Crippen LogP contribution >= 0.6 is 12.2 Å². The van der Waals surface area contributed by atoms with Crippen LogP contribution < -0.4 is 15.4 Å². The predicted octanol–water partition coefficient (Wildman–Crippen LogP) is 2.55. The highest BCUT2D eigenvalue weighted by Gasteiger charge is 2.10. The molecule has 1 aromatic carbocycles. The Morgan fingerprint density at radius 1 is 1.39 bits per heavy atom. The fraction of sp³-hybridized carbons (Fsp3) is 0.385. The summed E-state index contributed by atoms with van der Waals surface area (Å²) in [5.41, 5.74) is 0.744. The van der Waals surface area contributed by atoms with Crippen LogP contribution in [0.5, 0.6) is 5.75 Å². The SMILES string of the molecule is CCOc1ccccc1NC(=S)NC(=O)C(C)C. The number of amides is 1. The number of para-hydroxylation sites is 2. The smallest absolute Gasteiger partial charge is 0.228 e. The highest BCUT2D eigenvalue weighted by Crippen LogP contribution is 2.23. The Bertz CT molecular complexity index is 433. The van der Waals surface area contributed by atoms with E-state index in [4.69, 9.17) is 17.0 Å². The number of ether oxygens (including phenoxy) is 1. The Balaban J connectivity index is 2.67. The van der Waals surface area contributed by atoms with Crippen molar-refractivity contribution in [2.75, 3.05) is 11.9 Å². The molecule has 0 radical (unpaired) electrons.